The fourth-order valence-electron chi connectivity index (χ4n) is 5.18. The van der Waals surface area contributed by atoms with Gasteiger partial charge in [-0.05, 0) is 59.0 Å². The summed E-state index contributed by atoms with van der Waals surface area (Å²) in [6.07, 6.45) is 0. The number of nitrogens with zero attached hydrogens (tertiary/aromatic N) is 1. The Bertz CT molecular complexity index is 1740. The number of aromatic nitrogens is 1. The molecule has 0 amide bonds. The van der Waals surface area contributed by atoms with Crippen LogP contribution in [-0.4, -0.2) is 4.57 Å². The quantitative estimate of drug-likeness (QED) is 0.274. The van der Waals surface area contributed by atoms with Crippen molar-refractivity contribution in [2.75, 3.05) is 5.32 Å². The molecule has 1 aromatic heterocycles. The average Bonchev–Trinajstić information content (AvgIpc) is 3.25. The molecule has 0 atom stereocenters. The largest absolute Gasteiger partial charge is 0.355 e. The predicted molar refractivity (Wildman–Crippen MR) is 145 cm³/mol. The number of hydrogen-bond donors (Lipinski definition) is 1. The van der Waals surface area contributed by atoms with E-state index in [0.717, 1.165) is 11.4 Å². The molecule has 0 radical (unpaired) electrons. The number of rotatable bonds is 4. The molecule has 0 saturated heterocycles. The summed E-state index contributed by atoms with van der Waals surface area (Å²) in [5, 5.41) is 8.82. The lowest BCUT2D eigenvalue weighted by atomic mass is 10.0. The summed E-state index contributed by atoms with van der Waals surface area (Å²) in [4.78, 5) is 0. The van der Waals surface area contributed by atoms with Crippen LogP contribution >= 0.6 is 0 Å². The first-order valence-electron chi connectivity index (χ1n) is 11.6. The highest BCUT2D eigenvalue weighted by molar-refractivity contribution is 6.26. The monoisotopic (exact) mass is 434 g/mol. The van der Waals surface area contributed by atoms with Gasteiger partial charge in [0, 0.05) is 33.2 Å². The van der Waals surface area contributed by atoms with Gasteiger partial charge in [-0.15, -0.1) is 0 Å². The molecule has 7 aromatic rings. The van der Waals surface area contributed by atoms with E-state index in [-0.39, 0.29) is 0 Å². The number of hydrogen-bond acceptors (Lipinski definition) is 1. The molecule has 7 rings (SSSR count). The maximum atomic E-state index is 3.68. The Labute approximate surface area is 198 Å². The Morgan fingerprint density at radius 2 is 1.18 bits per heavy atom. The number of anilines is 2. The second-order valence-electron chi connectivity index (χ2n) is 8.73. The van der Waals surface area contributed by atoms with Crippen molar-refractivity contribution in [1.82, 2.24) is 4.57 Å². The Morgan fingerprint density at radius 3 is 1.97 bits per heavy atom. The van der Waals surface area contributed by atoms with Gasteiger partial charge in [0.05, 0.1) is 11.0 Å². The number of para-hydroxylation sites is 1. The molecule has 160 valence electrons. The Kier molecular flexibility index (Phi) is 4.18. The second-order valence-corrected chi connectivity index (χ2v) is 8.73. The molecule has 0 bridgehead atoms. The van der Waals surface area contributed by atoms with E-state index in [1.807, 2.05) is 0 Å². The molecule has 0 saturated carbocycles. The van der Waals surface area contributed by atoms with Gasteiger partial charge >= 0.3 is 0 Å². The lowest BCUT2D eigenvalue weighted by Crippen LogP contribution is -1.94. The number of nitrogens with one attached hydrogen (secondary N) is 1. The smallest absolute Gasteiger partial charge is 0.0548 e. The van der Waals surface area contributed by atoms with Crippen molar-refractivity contribution in [1.29, 1.82) is 0 Å². The van der Waals surface area contributed by atoms with Crippen LogP contribution in [0.2, 0.25) is 0 Å². The first kappa shape index (κ1) is 19.0. The molecule has 0 aliphatic rings. The summed E-state index contributed by atoms with van der Waals surface area (Å²) in [6, 6.07) is 45.3. The first-order chi connectivity index (χ1) is 16.9. The normalized spacial score (nSPS) is 11.5. The van der Waals surface area contributed by atoms with Crippen LogP contribution in [0, 0.1) is 0 Å². The third kappa shape index (κ3) is 2.89. The topological polar surface area (TPSA) is 17.0 Å². The summed E-state index contributed by atoms with van der Waals surface area (Å²) in [5.41, 5.74) is 8.32. The van der Waals surface area contributed by atoms with Crippen LogP contribution in [0.5, 0.6) is 0 Å². The summed E-state index contributed by atoms with van der Waals surface area (Å²) in [5.74, 6) is 0. The molecule has 34 heavy (non-hydrogen) atoms. The van der Waals surface area contributed by atoms with Crippen LogP contribution in [0.1, 0.15) is 0 Å². The average molecular weight is 435 g/mol. The van der Waals surface area contributed by atoms with Gasteiger partial charge in [0.1, 0.15) is 0 Å². The van der Waals surface area contributed by atoms with Crippen LogP contribution in [0.25, 0.3) is 49.4 Å². The van der Waals surface area contributed by atoms with Crippen molar-refractivity contribution >= 4 is 44.0 Å². The summed E-state index contributed by atoms with van der Waals surface area (Å²) in [7, 11) is 0. The Morgan fingerprint density at radius 1 is 0.471 bits per heavy atom. The predicted octanol–water partition coefficient (Wildman–Crippen LogP) is 8.79. The molecule has 2 heteroatoms. The molecular formula is C32H22N2. The van der Waals surface area contributed by atoms with Crippen LogP contribution in [0.15, 0.2) is 127 Å². The van der Waals surface area contributed by atoms with Gasteiger partial charge in [0.2, 0.25) is 0 Å². The van der Waals surface area contributed by atoms with E-state index in [1.165, 1.54) is 49.4 Å². The molecule has 1 heterocycles. The van der Waals surface area contributed by atoms with E-state index >= 15 is 0 Å². The molecule has 0 aliphatic heterocycles. The highest BCUT2D eigenvalue weighted by Gasteiger charge is 2.18. The van der Waals surface area contributed by atoms with E-state index in [0.29, 0.717) is 0 Å². The third-order valence-electron chi connectivity index (χ3n) is 6.74. The van der Waals surface area contributed by atoms with Gasteiger partial charge < -0.3 is 9.88 Å². The zero-order valence-electron chi connectivity index (χ0n) is 18.6. The van der Waals surface area contributed by atoms with Gasteiger partial charge in [-0.3, -0.25) is 0 Å². The maximum Gasteiger partial charge on any atom is 0.0548 e. The summed E-state index contributed by atoms with van der Waals surface area (Å²) in [6.45, 7) is 0. The fourth-order valence-corrected chi connectivity index (χ4v) is 5.18. The van der Waals surface area contributed by atoms with Gasteiger partial charge in [0.25, 0.3) is 0 Å². The lowest BCUT2D eigenvalue weighted by Gasteiger charge is -2.12. The van der Waals surface area contributed by atoms with E-state index in [4.69, 9.17) is 0 Å². The van der Waals surface area contributed by atoms with Crippen molar-refractivity contribution in [2.24, 2.45) is 0 Å². The zero-order valence-corrected chi connectivity index (χ0v) is 18.6. The van der Waals surface area contributed by atoms with Crippen molar-refractivity contribution in [3.63, 3.8) is 0 Å². The summed E-state index contributed by atoms with van der Waals surface area (Å²) < 4.78 is 2.38. The minimum absolute atomic E-state index is 1.08. The molecule has 1 N–H and O–H groups in total. The van der Waals surface area contributed by atoms with Crippen molar-refractivity contribution in [3.05, 3.63) is 127 Å². The molecule has 0 spiro atoms. The van der Waals surface area contributed by atoms with E-state index in [1.54, 1.807) is 0 Å². The SMILES string of the molecule is c1ccc(-c2ccc(Nc3ccc4c5c3ccc3cccc(c35)n4-c3ccccc3)cc2)cc1. The maximum absolute atomic E-state index is 3.68. The molecular weight excluding hydrogens is 412 g/mol. The standard InChI is InChI=1S/C32H22N2/c1-3-8-22(9-4-1)23-14-17-25(18-15-23)33-28-20-21-30-32-27(28)19-16-24-10-7-13-29(31(24)32)34(30)26-11-5-2-6-12-26/h1-21,33H. The summed E-state index contributed by atoms with van der Waals surface area (Å²) >= 11 is 0. The van der Waals surface area contributed by atoms with E-state index in [9.17, 15) is 0 Å². The Balaban J connectivity index is 1.37. The van der Waals surface area contributed by atoms with Crippen LogP contribution in [-0.2, 0) is 0 Å². The van der Waals surface area contributed by atoms with Crippen LogP contribution in [0.4, 0.5) is 11.4 Å². The Hall–Kier alpha value is -4.56. The number of benzene rings is 6. The van der Waals surface area contributed by atoms with Gasteiger partial charge in [-0.25, -0.2) is 0 Å². The van der Waals surface area contributed by atoms with Crippen molar-refractivity contribution in [3.8, 4) is 16.8 Å². The van der Waals surface area contributed by atoms with Gasteiger partial charge in [-0.1, -0.05) is 84.9 Å². The van der Waals surface area contributed by atoms with Gasteiger partial charge in [0.15, 0.2) is 0 Å². The van der Waals surface area contributed by atoms with Crippen molar-refractivity contribution < 1.29 is 0 Å². The van der Waals surface area contributed by atoms with Crippen molar-refractivity contribution in [2.45, 2.75) is 0 Å². The molecule has 6 aromatic carbocycles. The molecule has 0 unspecified atom stereocenters. The minimum Gasteiger partial charge on any atom is -0.355 e. The first-order valence-corrected chi connectivity index (χ1v) is 11.6. The highest BCUT2D eigenvalue weighted by atomic mass is 15.0. The molecule has 0 fully saturated rings. The van der Waals surface area contributed by atoms with Crippen LogP contribution in [0.3, 0.4) is 0 Å². The highest BCUT2D eigenvalue weighted by Crippen LogP contribution is 2.41. The van der Waals surface area contributed by atoms with E-state index in [2.05, 4.69) is 137 Å². The fraction of sp³-hybridized carbons (Fsp3) is 0. The second kappa shape index (κ2) is 7.50. The lowest BCUT2D eigenvalue weighted by molar-refractivity contribution is 1.18. The minimum atomic E-state index is 1.08. The molecule has 0 aliphatic carbocycles. The van der Waals surface area contributed by atoms with Crippen LogP contribution < -0.4 is 5.32 Å². The van der Waals surface area contributed by atoms with E-state index < -0.39 is 0 Å². The van der Waals surface area contributed by atoms with Gasteiger partial charge in [-0.2, -0.15) is 0 Å². The zero-order chi connectivity index (χ0) is 22.5. The third-order valence-corrected chi connectivity index (χ3v) is 6.74. The molecule has 2 nitrogen and oxygen atoms in total.